The maximum absolute atomic E-state index is 12.7. The molecule has 1 atom stereocenters. The molecule has 1 aliphatic heterocycles. The zero-order valence-corrected chi connectivity index (χ0v) is 13.4. The number of rotatable bonds is 1. The Kier molecular flexibility index (Phi) is 4.63. The van der Waals surface area contributed by atoms with E-state index in [1.165, 1.54) is 0 Å². The Labute approximate surface area is 123 Å². The third kappa shape index (κ3) is 3.57. The van der Waals surface area contributed by atoms with Gasteiger partial charge in [-0.3, -0.25) is 4.79 Å². The van der Waals surface area contributed by atoms with Crippen LogP contribution in [0.2, 0.25) is 0 Å². The largest absolute Gasteiger partial charge is 0.335 e. The SMILES string of the molecule is Cc1cc(Br)cc(C(=O)N2CCCN(C)CC2C)c1. The van der Waals surface area contributed by atoms with E-state index in [4.69, 9.17) is 0 Å². The number of aryl methyl sites for hydroxylation is 1. The first kappa shape index (κ1) is 14.5. The summed E-state index contributed by atoms with van der Waals surface area (Å²) in [6.07, 6.45) is 1.04. The fourth-order valence-electron chi connectivity index (χ4n) is 2.70. The number of nitrogens with zero attached hydrogens (tertiary/aromatic N) is 2. The molecule has 1 heterocycles. The second-order valence-corrected chi connectivity index (χ2v) is 6.40. The van der Waals surface area contributed by atoms with Crippen molar-refractivity contribution in [2.75, 3.05) is 26.7 Å². The van der Waals surface area contributed by atoms with Gasteiger partial charge in [0.15, 0.2) is 0 Å². The lowest BCUT2D eigenvalue weighted by Crippen LogP contribution is -2.42. The number of carbonyl (C=O) groups excluding carboxylic acids is 1. The second-order valence-electron chi connectivity index (χ2n) is 5.48. The van der Waals surface area contributed by atoms with Crippen LogP contribution >= 0.6 is 15.9 Å². The van der Waals surface area contributed by atoms with E-state index in [1.807, 2.05) is 30.0 Å². The molecule has 1 fully saturated rings. The normalized spacial score (nSPS) is 21.3. The van der Waals surface area contributed by atoms with Crippen LogP contribution in [0.1, 0.15) is 29.3 Å². The summed E-state index contributed by atoms with van der Waals surface area (Å²) in [5.74, 6) is 0.146. The average molecular weight is 325 g/mol. The van der Waals surface area contributed by atoms with Crippen LogP contribution in [-0.4, -0.2) is 48.4 Å². The van der Waals surface area contributed by atoms with Gasteiger partial charge in [0.25, 0.3) is 5.91 Å². The highest BCUT2D eigenvalue weighted by Crippen LogP contribution is 2.19. The fraction of sp³-hybridized carbons (Fsp3) is 0.533. The summed E-state index contributed by atoms with van der Waals surface area (Å²) in [5.41, 5.74) is 1.89. The van der Waals surface area contributed by atoms with Gasteiger partial charge in [-0.25, -0.2) is 0 Å². The van der Waals surface area contributed by atoms with Gasteiger partial charge < -0.3 is 9.80 Å². The second kappa shape index (κ2) is 6.06. The Morgan fingerprint density at radius 2 is 2.05 bits per heavy atom. The Morgan fingerprint density at radius 1 is 1.32 bits per heavy atom. The molecule has 0 saturated carbocycles. The molecule has 0 N–H and O–H groups in total. The van der Waals surface area contributed by atoms with E-state index >= 15 is 0 Å². The molecular formula is C15H21BrN2O. The van der Waals surface area contributed by atoms with Crippen molar-refractivity contribution >= 4 is 21.8 Å². The minimum absolute atomic E-state index is 0.146. The molecule has 4 heteroatoms. The van der Waals surface area contributed by atoms with Crippen LogP contribution in [0.3, 0.4) is 0 Å². The van der Waals surface area contributed by atoms with Crippen molar-refractivity contribution in [1.82, 2.24) is 9.80 Å². The van der Waals surface area contributed by atoms with Crippen LogP contribution in [0.25, 0.3) is 0 Å². The van der Waals surface area contributed by atoms with Crippen molar-refractivity contribution in [3.63, 3.8) is 0 Å². The monoisotopic (exact) mass is 324 g/mol. The first-order valence-corrected chi connectivity index (χ1v) is 7.53. The van der Waals surface area contributed by atoms with E-state index < -0.39 is 0 Å². The summed E-state index contributed by atoms with van der Waals surface area (Å²) in [7, 11) is 2.12. The minimum Gasteiger partial charge on any atom is -0.335 e. The molecule has 1 unspecified atom stereocenters. The molecule has 0 radical (unpaired) electrons. The first-order valence-electron chi connectivity index (χ1n) is 6.74. The Hall–Kier alpha value is -0.870. The minimum atomic E-state index is 0.146. The molecule has 104 valence electrons. The predicted octanol–water partition coefficient (Wildman–Crippen LogP) is 2.92. The molecule has 19 heavy (non-hydrogen) atoms. The van der Waals surface area contributed by atoms with Gasteiger partial charge >= 0.3 is 0 Å². The lowest BCUT2D eigenvalue weighted by Gasteiger charge is -2.28. The lowest BCUT2D eigenvalue weighted by atomic mass is 10.1. The van der Waals surface area contributed by atoms with E-state index in [0.29, 0.717) is 0 Å². The van der Waals surface area contributed by atoms with E-state index in [2.05, 4.69) is 34.8 Å². The molecule has 2 rings (SSSR count). The summed E-state index contributed by atoms with van der Waals surface area (Å²) >= 11 is 3.47. The summed E-state index contributed by atoms with van der Waals surface area (Å²) in [6.45, 7) is 6.99. The van der Waals surface area contributed by atoms with Gasteiger partial charge in [0.05, 0.1) is 0 Å². The van der Waals surface area contributed by atoms with Crippen LogP contribution in [-0.2, 0) is 0 Å². The number of halogens is 1. The van der Waals surface area contributed by atoms with E-state index in [0.717, 1.165) is 41.7 Å². The standard InChI is InChI=1S/C15H21BrN2O/c1-11-7-13(9-14(16)8-11)15(19)18-6-4-5-17(3)10-12(18)2/h7-9,12H,4-6,10H2,1-3H3. The summed E-state index contributed by atoms with van der Waals surface area (Å²) in [4.78, 5) is 17.0. The van der Waals surface area contributed by atoms with Crippen molar-refractivity contribution in [2.24, 2.45) is 0 Å². The van der Waals surface area contributed by atoms with Crippen LogP contribution in [0.4, 0.5) is 0 Å². The molecule has 1 amide bonds. The van der Waals surface area contributed by atoms with Gasteiger partial charge in [-0.05, 0) is 57.6 Å². The fourth-order valence-corrected chi connectivity index (χ4v) is 3.31. The number of likely N-dealkylation sites (N-methyl/N-ethyl adjacent to an activating group) is 1. The third-order valence-corrected chi connectivity index (χ3v) is 4.05. The highest BCUT2D eigenvalue weighted by molar-refractivity contribution is 9.10. The molecule has 3 nitrogen and oxygen atoms in total. The molecular weight excluding hydrogens is 304 g/mol. The molecule has 1 aliphatic rings. The van der Waals surface area contributed by atoms with Crippen molar-refractivity contribution in [1.29, 1.82) is 0 Å². The molecule has 1 saturated heterocycles. The number of amides is 1. The zero-order valence-electron chi connectivity index (χ0n) is 11.8. The van der Waals surface area contributed by atoms with Crippen molar-refractivity contribution in [2.45, 2.75) is 26.3 Å². The van der Waals surface area contributed by atoms with Gasteiger partial charge in [-0.2, -0.15) is 0 Å². The predicted molar refractivity (Wildman–Crippen MR) is 81.5 cm³/mol. The highest BCUT2D eigenvalue weighted by Gasteiger charge is 2.25. The van der Waals surface area contributed by atoms with E-state index in [1.54, 1.807) is 0 Å². The maximum Gasteiger partial charge on any atom is 0.254 e. The van der Waals surface area contributed by atoms with Gasteiger partial charge in [-0.1, -0.05) is 15.9 Å². The zero-order chi connectivity index (χ0) is 14.0. The molecule has 0 aliphatic carbocycles. The molecule has 0 bridgehead atoms. The first-order chi connectivity index (χ1) is 8.97. The van der Waals surface area contributed by atoms with Crippen molar-refractivity contribution in [3.05, 3.63) is 33.8 Å². The number of benzene rings is 1. The Bertz CT molecular complexity index is 455. The Morgan fingerprint density at radius 3 is 2.74 bits per heavy atom. The maximum atomic E-state index is 12.7. The van der Waals surface area contributed by atoms with Crippen LogP contribution < -0.4 is 0 Å². The van der Waals surface area contributed by atoms with E-state index in [9.17, 15) is 4.79 Å². The van der Waals surface area contributed by atoms with Crippen LogP contribution in [0.5, 0.6) is 0 Å². The highest BCUT2D eigenvalue weighted by atomic mass is 79.9. The molecule has 0 spiro atoms. The smallest absolute Gasteiger partial charge is 0.254 e. The summed E-state index contributed by atoms with van der Waals surface area (Å²) in [6, 6.07) is 6.17. The van der Waals surface area contributed by atoms with Gasteiger partial charge in [-0.15, -0.1) is 0 Å². The summed E-state index contributed by atoms with van der Waals surface area (Å²) < 4.78 is 0.968. The van der Waals surface area contributed by atoms with Gasteiger partial charge in [0.2, 0.25) is 0 Å². The van der Waals surface area contributed by atoms with E-state index in [-0.39, 0.29) is 11.9 Å². The van der Waals surface area contributed by atoms with Crippen LogP contribution in [0, 0.1) is 6.92 Å². The van der Waals surface area contributed by atoms with Crippen LogP contribution in [0.15, 0.2) is 22.7 Å². The van der Waals surface area contributed by atoms with Crippen molar-refractivity contribution in [3.8, 4) is 0 Å². The summed E-state index contributed by atoms with van der Waals surface area (Å²) in [5, 5.41) is 0. The van der Waals surface area contributed by atoms with Crippen molar-refractivity contribution < 1.29 is 4.79 Å². The lowest BCUT2D eigenvalue weighted by molar-refractivity contribution is 0.0696. The molecule has 0 aromatic heterocycles. The van der Waals surface area contributed by atoms with Gasteiger partial charge in [0.1, 0.15) is 0 Å². The number of carbonyl (C=O) groups is 1. The third-order valence-electron chi connectivity index (χ3n) is 3.60. The molecule has 1 aromatic carbocycles. The number of hydrogen-bond donors (Lipinski definition) is 0. The molecule has 1 aromatic rings. The number of hydrogen-bond acceptors (Lipinski definition) is 2. The Balaban J connectivity index is 2.22. The quantitative estimate of drug-likeness (QED) is 0.793. The average Bonchev–Trinajstić information content (AvgIpc) is 2.48. The topological polar surface area (TPSA) is 23.6 Å². The van der Waals surface area contributed by atoms with Gasteiger partial charge in [0, 0.05) is 29.2 Å².